The van der Waals surface area contributed by atoms with E-state index in [1.807, 2.05) is 37.4 Å². The lowest BCUT2D eigenvalue weighted by molar-refractivity contribution is -0.170. The van der Waals surface area contributed by atoms with E-state index in [-0.39, 0.29) is 35.3 Å². The summed E-state index contributed by atoms with van der Waals surface area (Å²) in [5.74, 6) is -4.12. The van der Waals surface area contributed by atoms with Gasteiger partial charge >= 0.3 is 18.1 Å². The van der Waals surface area contributed by atoms with Gasteiger partial charge in [-0.3, -0.25) is 4.79 Å². The third-order valence-electron chi connectivity index (χ3n) is 7.86. The van der Waals surface area contributed by atoms with Crippen molar-refractivity contribution in [2.75, 3.05) is 40.2 Å². The molecule has 1 aliphatic heterocycles. The third kappa shape index (κ3) is 7.02. The molecule has 14 heteroatoms. The summed E-state index contributed by atoms with van der Waals surface area (Å²) in [7, 11) is 1.95. The Balaban J connectivity index is 1.60. The molecule has 48 heavy (non-hydrogen) atoms. The van der Waals surface area contributed by atoms with Gasteiger partial charge in [0.05, 0.1) is 12.2 Å². The van der Waals surface area contributed by atoms with E-state index >= 15 is 8.78 Å². The van der Waals surface area contributed by atoms with E-state index in [1.54, 1.807) is 13.0 Å². The van der Waals surface area contributed by atoms with Gasteiger partial charge in [-0.05, 0) is 69.2 Å². The van der Waals surface area contributed by atoms with Crippen molar-refractivity contribution < 1.29 is 31.5 Å². The number of amides is 3. The maximum absolute atomic E-state index is 15.1. The second-order valence-electron chi connectivity index (χ2n) is 11.6. The molecular weight excluding hydrogens is 633 g/mol. The molecule has 3 aromatic carbocycles. The molecule has 0 aliphatic carbocycles. The fraction of sp³-hybridized carbons (Fsp3) is 0.294. The van der Waals surface area contributed by atoms with Crippen LogP contribution >= 0.6 is 0 Å². The van der Waals surface area contributed by atoms with Gasteiger partial charge in [-0.1, -0.05) is 30.3 Å². The van der Waals surface area contributed by atoms with Crippen LogP contribution in [0.5, 0.6) is 0 Å². The maximum atomic E-state index is 15.1. The van der Waals surface area contributed by atoms with Crippen LogP contribution in [0.3, 0.4) is 0 Å². The molecule has 0 fully saturated rings. The Morgan fingerprint density at radius 1 is 1.00 bits per heavy atom. The summed E-state index contributed by atoms with van der Waals surface area (Å²) < 4.78 is 71.0. The van der Waals surface area contributed by atoms with E-state index in [4.69, 9.17) is 4.98 Å². The Kier molecular flexibility index (Phi) is 9.82. The molecule has 0 unspecified atom stereocenters. The van der Waals surface area contributed by atoms with Crippen molar-refractivity contribution in [2.24, 2.45) is 0 Å². The van der Waals surface area contributed by atoms with E-state index < -0.39 is 41.5 Å². The predicted octanol–water partition coefficient (Wildman–Crippen LogP) is 7.33. The first-order chi connectivity index (χ1) is 22.8. The third-order valence-corrected chi connectivity index (χ3v) is 7.86. The van der Waals surface area contributed by atoms with E-state index in [2.05, 4.69) is 20.5 Å². The Bertz CT molecular complexity index is 1800. The number of hydrogen-bond donors (Lipinski definition) is 2. The molecule has 0 radical (unpaired) electrons. The van der Waals surface area contributed by atoms with E-state index in [0.29, 0.717) is 35.5 Å². The number of para-hydroxylation sites is 2. The summed E-state index contributed by atoms with van der Waals surface area (Å²) in [4.78, 5) is 38.4. The smallest absolute Gasteiger partial charge is 0.375 e. The van der Waals surface area contributed by atoms with Crippen molar-refractivity contribution >= 4 is 40.8 Å². The highest BCUT2D eigenvalue weighted by molar-refractivity contribution is 6.02. The van der Waals surface area contributed by atoms with Crippen LogP contribution in [0.15, 0.2) is 66.7 Å². The summed E-state index contributed by atoms with van der Waals surface area (Å²) in [6.45, 7) is 5.52. The fourth-order valence-electron chi connectivity index (χ4n) is 5.50. The number of carbonyl (C=O) groups is 2. The molecule has 3 amide bonds. The van der Waals surface area contributed by atoms with Crippen molar-refractivity contribution in [3.05, 3.63) is 89.5 Å². The normalized spacial score (nSPS) is 12.9. The molecule has 1 aliphatic rings. The van der Waals surface area contributed by atoms with Crippen LogP contribution in [0.4, 0.5) is 55.6 Å². The van der Waals surface area contributed by atoms with Gasteiger partial charge in [-0.25, -0.2) is 23.5 Å². The Morgan fingerprint density at radius 3 is 2.33 bits per heavy atom. The number of benzene rings is 3. The summed E-state index contributed by atoms with van der Waals surface area (Å²) in [6.07, 6.45) is -4.49. The molecule has 0 spiro atoms. The molecule has 9 nitrogen and oxygen atoms in total. The van der Waals surface area contributed by atoms with Crippen molar-refractivity contribution in [3.63, 3.8) is 0 Å². The number of urea groups is 1. The average Bonchev–Trinajstić information content (AvgIpc) is 3.04. The summed E-state index contributed by atoms with van der Waals surface area (Å²) in [5.41, 5.74) is 1.73. The molecule has 0 saturated carbocycles. The van der Waals surface area contributed by atoms with Crippen LogP contribution in [0.1, 0.15) is 31.4 Å². The number of rotatable bonds is 10. The number of halogens is 5. The SMILES string of the molecule is Cc1ccc(N(C(=O)C(F)(F)F)C(C)C)cc1-c1nc(NCCCN(C)c2ccccc2)nc2c1CNC(=O)N2c1c(F)cccc1F. The van der Waals surface area contributed by atoms with E-state index in [1.165, 1.54) is 32.0 Å². The van der Waals surface area contributed by atoms with Crippen LogP contribution < -0.4 is 25.3 Å². The Hall–Kier alpha value is -5.27. The van der Waals surface area contributed by atoms with Crippen LogP contribution in [0, 0.1) is 18.6 Å². The molecule has 1 aromatic heterocycles. The number of hydrogen-bond acceptors (Lipinski definition) is 6. The number of alkyl halides is 3. The number of fused-ring (bicyclic) bond motifs is 1. The average molecular weight is 668 g/mol. The highest BCUT2D eigenvalue weighted by Crippen LogP contribution is 2.40. The van der Waals surface area contributed by atoms with Gasteiger partial charge in [-0.15, -0.1) is 0 Å². The van der Waals surface area contributed by atoms with Crippen molar-refractivity contribution in [3.8, 4) is 11.3 Å². The number of aromatic nitrogens is 2. The lowest BCUT2D eigenvalue weighted by Gasteiger charge is -2.31. The Morgan fingerprint density at radius 2 is 1.69 bits per heavy atom. The fourth-order valence-corrected chi connectivity index (χ4v) is 5.50. The summed E-state index contributed by atoms with van der Waals surface area (Å²) >= 11 is 0. The Labute approximate surface area is 274 Å². The maximum Gasteiger partial charge on any atom is 0.471 e. The molecule has 0 atom stereocenters. The van der Waals surface area contributed by atoms with Gasteiger partial charge in [0.1, 0.15) is 17.3 Å². The summed E-state index contributed by atoms with van der Waals surface area (Å²) in [6, 6.07) is 15.6. The van der Waals surface area contributed by atoms with Gasteiger partial charge < -0.3 is 20.4 Å². The number of anilines is 5. The van der Waals surface area contributed by atoms with Gasteiger partial charge in [0.2, 0.25) is 5.95 Å². The molecule has 252 valence electrons. The van der Waals surface area contributed by atoms with Gasteiger partial charge in [-0.2, -0.15) is 18.2 Å². The van der Waals surface area contributed by atoms with Crippen LogP contribution in [-0.2, 0) is 11.3 Å². The molecule has 2 N–H and O–H groups in total. The number of nitrogens with one attached hydrogen (secondary N) is 2. The van der Waals surface area contributed by atoms with Gasteiger partial charge in [0.25, 0.3) is 0 Å². The second kappa shape index (κ2) is 13.8. The first-order valence-electron chi connectivity index (χ1n) is 15.2. The molecule has 2 heterocycles. The molecule has 4 aromatic rings. The highest BCUT2D eigenvalue weighted by atomic mass is 19.4. The zero-order valence-corrected chi connectivity index (χ0v) is 26.7. The second-order valence-corrected chi connectivity index (χ2v) is 11.6. The minimum atomic E-state index is -5.12. The minimum absolute atomic E-state index is 0.0273. The molecule has 0 saturated heterocycles. The molecule has 5 rings (SSSR count). The van der Waals surface area contributed by atoms with Gasteiger partial charge in [0.15, 0.2) is 5.82 Å². The standard InChI is InChI=1S/C34H34F5N7O2/c1-20(2)45(31(47)34(37,38)39)23-15-14-21(3)24(18-23)28-25-19-41-33(48)46(29-26(35)12-8-13-27(29)36)30(25)43-32(42-28)40-16-9-17-44(4)22-10-6-5-7-11-22/h5-8,10-15,18,20H,9,16-17,19H2,1-4H3,(H,41,48)(H,40,42,43). The first-order valence-corrected chi connectivity index (χ1v) is 15.2. The quantitative estimate of drug-likeness (QED) is 0.136. The molecular formula is C34H34F5N7O2. The van der Waals surface area contributed by atoms with Gasteiger partial charge in [0, 0.05) is 48.7 Å². The largest absolute Gasteiger partial charge is 0.471 e. The lowest BCUT2D eigenvalue weighted by atomic mass is 9.98. The molecule has 0 bridgehead atoms. The van der Waals surface area contributed by atoms with Crippen LogP contribution in [0.2, 0.25) is 0 Å². The van der Waals surface area contributed by atoms with Crippen LogP contribution in [-0.4, -0.2) is 54.3 Å². The minimum Gasteiger partial charge on any atom is -0.375 e. The first kappa shape index (κ1) is 34.1. The predicted molar refractivity (Wildman–Crippen MR) is 174 cm³/mol. The topological polar surface area (TPSA) is 93.7 Å². The number of aryl methyl sites for hydroxylation is 1. The number of carbonyl (C=O) groups excluding carboxylic acids is 2. The van der Waals surface area contributed by atoms with E-state index in [9.17, 15) is 22.8 Å². The van der Waals surface area contributed by atoms with Crippen LogP contribution in [0.25, 0.3) is 11.3 Å². The highest BCUT2D eigenvalue weighted by Gasteiger charge is 2.44. The van der Waals surface area contributed by atoms with Crippen molar-refractivity contribution in [1.82, 2.24) is 15.3 Å². The van der Waals surface area contributed by atoms with E-state index in [0.717, 1.165) is 22.7 Å². The zero-order chi connectivity index (χ0) is 34.7. The van der Waals surface area contributed by atoms with Crippen molar-refractivity contribution in [1.29, 1.82) is 0 Å². The zero-order valence-electron chi connectivity index (χ0n) is 26.7. The lowest BCUT2D eigenvalue weighted by Crippen LogP contribution is -2.45. The summed E-state index contributed by atoms with van der Waals surface area (Å²) in [5, 5.41) is 5.73. The van der Waals surface area contributed by atoms with Crippen molar-refractivity contribution in [2.45, 2.75) is 46.0 Å². The monoisotopic (exact) mass is 667 g/mol. The number of nitrogens with zero attached hydrogens (tertiary/aromatic N) is 5.